The quantitative estimate of drug-likeness (QED) is 0.122. The molecule has 0 spiro atoms. The van der Waals surface area contributed by atoms with Gasteiger partial charge in [-0.25, -0.2) is 4.79 Å². The Morgan fingerprint density at radius 1 is 0.667 bits per heavy atom. The first-order chi connectivity index (χ1) is 14.6. The summed E-state index contributed by atoms with van der Waals surface area (Å²) < 4.78 is 4.58. The van der Waals surface area contributed by atoms with Crippen molar-refractivity contribution in [3.63, 3.8) is 0 Å². The lowest BCUT2D eigenvalue weighted by Crippen LogP contribution is -2.36. The Labute approximate surface area is 185 Å². The lowest BCUT2D eigenvalue weighted by molar-refractivity contribution is -0.161. The van der Waals surface area contributed by atoms with E-state index in [9.17, 15) is 9.59 Å². The van der Waals surface area contributed by atoms with E-state index in [1.54, 1.807) is 0 Å². The fourth-order valence-electron chi connectivity index (χ4n) is 3.66. The molecular weight excluding hydrogens is 378 g/mol. The Balaban J connectivity index is 3.19. The van der Waals surface area contributed by atoms with Gasteiger partial charge in [-0.1, -0.05) is 122 Å². The van der Waals surface area contributed by atoms with Crippen LogP contribution in [0.1, 0.15) is 135 Å². The maximum atomic E-state index is 11.5. The van der Waals surface area contributed by atoms with Crippen LogP contribution in [0.5, 0.6) is 0 Å². The molecule has 0 heterocycles. The summed E-state index contributed by atoms with van der Waals surface area (Å²) in [5.74, 6) is -1.39. The molecule has 0 aliphatic carbocycles. The van der Waals surface area contributed by atoms with Crippen LogP contribution in [-0.4, -0.2) is 29.7 Å². The SMILES string of the molecule is CCCCCCCCCCCCCCCCCCCCCC(=O)OC(=O)[C@@H](N)CO. The van der Waals surface area contributed by atoms with E-state index >= 15 is 0 Å². The van der Waals surface area contributed by atoms with Crippen LogP contribution in [0.4, 0.5) is 0 Å². The molecule has 0 bridgehead atoms. The van der Waals surface area contributed by atoms with Crippen LogP contribution in [0, 0.1) is 0 Å². The summed E-state index contributed by atoms with van der Waals surface area (Å²) in [6.07, 6.45) is 25.1. The second-order valence-electron chi connectivity index (χ2n) is 8.70. The van der Waals surface area contributed by atoms with Crippen molar-refractivity contribution in [2.75, 3.05) is 6.61 Å². The maximum absolute atomic E-state index is 11.5. The van der Waals surface area contributed by atoms with Gasteiger partial charge in [0.15, 0.2) is 0 Å². The first kappa shape index (κ1) is 29.1. The van der Waals surface area contributed by atoms with Crippen LogP contribution in [0.25, 0.3) is 0 Å². The van der Waals surface area contributed by atoms with Crippen molar-refractivity contribution in [1.82, 2.24) is 0 Å². The molecule has 5 heteroatoms. The number of hydrogen-bond acceptors (Lipinski definition) is 5. The summed E-state index contributed by atoms with van der Waals surface area (Å²) in [7, 11) is 0. The van der Waals surface area contributed by atoms with Crippen molar-refractivity contribution in [3.05, 3.63) is 0 Å². The van der Waals surface area contributed by atoms with Gasteiger partial charge >= 0.3 is 11.9 Å². The van der Waals surface area contributed by atoms with Crippen molar-refractivity contribution in [2.24, 2.45) is 5.73 Å². The molecule has 0 radical (unpaired) electrons. The molecular formula is C25H49NO4. The van der Waals surface area contributed by atoms with Gasteiger partial charge in [0.25, 0.3) is 0 Å². The van der Waals surface area contributed by atoms with Gasteiger partial charge in [0.05, 0.1) is 6.61 Å². The molecule has 0 aromatic rings. The van der Waals surface area contributed by atoms with E-state index in [-0.39, 0.29) is 6.42 Å². The van der Waals surface area contributed by atoms with Gasteiger partial charge in [-0.3, -0.25) is 4.79 Å². The molecule has 0 aliphatic heterocycles. The van der Waals surface area contributed by atoms with Crippen molar-refractivity contribution < 1.29 is 19.4 Å². The van der Waals surface area contributed by atoms with E-state index in [0.29, 0.717) is 0 Å². The molecule has 0 saturated heterocycles. The molecule has 0 amide bonds. The monoisotopic (exact) mass is 427 g/mol. The Hall–Kier alpha value is -0.940. The Morgan fingerprint density at radius 2 is 1.00 bits per heavy atom. The number of aliphatic hydroxyl groups is 1. The van der Waals surface area contributed by atoms with Crippen LogP contribution < -0.4 is 5.73 Å². The first-order valence-corrected chi connectivity index (χ1v) is 12.7. The fourth-order valence-corrected chi connectivity index (χ4v) is 3.66. The number of rotatable bonds is 22. The number of esters is 2. The predicted octanol–water partition coefficient (Wildman–Crippen LogP) is 6.20. The summed E-state index contributed by atoms with van der Waals surface area (Å²) in [4.78, 5) is 22.7. The highest BCUT2D eigenvalue weighted by Gasteiger charge is 2.17. The van der Waals surface area contributed by atoms with E-state index in [1.807, 2.05) is 0 Å². The number of unbranched alkanes of at least 4 members (excludes halogenated alkanes) is 18. The minimum atomic E-state index is -1.13. The van der Waals surface area contributed by atoms with Crippen LogP contribution in [0.15, 0.2) is 0 Å². The van der Waals surface area contributed by atoms with Crippen LogP contribution >= 0.6 is 0 Å². The molecule has 0 fully saturated rings. The van der Waals surface area contributed by atoms with Gasteiger partial charge in [-0.15, -0.1) is 0 Å². The summed E-state index contributed by atoms with van der Waals surface area (Å²) >= 11 is 0. The Morgan fingerprint density at radius 3 is 1.33 bits per heavy atom. The van der Waals surface area contributed by atoms with Crippen molar-refractivity contribution in [2.45, 2.75) is 141 Å². The molecule has 30 heavy (non-hydrogen) atoms. The molecule has 0 saturated carbocycles. The second-order valence-corrected chi connectivity index (χ2v) is 8.70. The Kier molecular flexibility index (Phi) is 22.0. The van der Waals surface area contributed by atoms with Crippen molar-refractivity contribution >= 4 is 11.9 Å². The summed E-state index contributed by atoms with van der Waals surface area (Å²) in [6, 6.07) is -1.13. The van der Waals surface area contributed by atoms with Gasteiger partial charge in [0.1, 0.15) is 6.04 Å². The summed E-state index contributed by atoms with van der Waals surface area (Å²) in [5, 5.41) is 8.73. The maximum Gasteiger partial charge on any atom is 0.332 e. The standard InChI is InChI=1S/C25H49NO4/c1-2-3-4-5-6-7-8-9-10-11-12-13-14-15-16-17-18-19-20-21-24(28)30-25(29)23(26)22-27/h23,27H,2-22,26H2,1H3/t23-/m0/s1. The average molecular weight is 428 g/mol. The molecule has 0 unspecified atom stereocenters. The molecule has 0 aromatic heterocycles. The van der Waals surface area contributed by atoms with Crippen LogP contribution in [0.2, 0.25) is 0 Å². The zero-order valence-electron chi connectivity index (χ0n) is 19.7. The fraction of sp³-hybridized carbons (Fsp3) is 0.920. The van der Waals surface area contributed by atoms with Gasteiger partial charge in [0, 0.05) is 6.42 Å². The third-order valence-corrected chi connectivity index (χ3v) is 5.70. The average Bonchev–Trinajstić information content (AvgIpc) is 2.74. The first-order valence-electron chi connectivity index (χ1n) is 12.7. The molecule has 3 N–H and O–H groups in total. The summed E-state index contributed by atoms with van der Waals surface area (Å²) in [5.41, 5.74) is 5.29. The van der Waals surface area contributed by atoms with Crippen LogP contribution in [-0.2, 0) is 14.3 Å². The molecule has 178 valence electrons. The largest absolute Gasteiger partial charge is 0.394 e. The molecule has 0 aliphatic rings. The van der Waals surface area contributed by atoms with E-state index in [0.717, 1.165) is 19.3 Å². The number of nitrogens with two attached hydrogens (primary N) is 1. The van der Waals surface area contributed by atoms with E-state index in [4.69, 9.17) is 10.8 Å². The highest BCUT2D eigenvalue weighted by molar-refractivity contribution is 5.88. The number of aliphatic hydroxyl groups excluding tert-OH is 1. The van der Waals surface area contributed by atoms with Crippen molar-refractivity contribution in [3.8, 4) is 0 Å². The van der Waals surface area contributed by atoms with E-state index < -0.39 is 24.6 Å². The smallest absolute Gasteiger partial charge is 0.332 e. The predicted molar refractivity (Wildman–Crippen MR) is 124 cm³/mol. The highest BCUT2D eigenvalue weighted by atomic mass is 16.6. The van der Waals surface area contributed by atoms with E-state index in [1.165, 1.54) is 103 Å². The Bertz CT molecular complexity index is 401. The number of carbonyl (C=O) groups is 2. The molecule has 1 atom stereocenters. The normalized spacial score (nSPS) is 12.1. The molecule has 0 aromatic carbocycles. The molecule has 5 nitrogen and oxygen atoms in total. The van der Waals surface area contributed by atoms with Gasteiger partial charge < -0.3 is 15.6 Å². The number of ether oxygens (including phenoxy) is 1. The topological polar surface area (TPSA) is 89.6 Å². The van der Waals surface area contributed by atoms with Crippen molar-refractivity contribution in [1.29, 1.82) is 0 Å². The van der Waals surface area contributed by atoms with Gasteiger partial charge in [0.2, 0.25) is 0 Å². The molecule has 0 rings (SSSR count). The second kappa shape index (κ2) is 22.7. The third-order valence-electron chi connectivity index (χ3n) is 5.70. The minimum absolute atomic E-state index is 0.239. The third kappa shape index (κ3) is 20.3. The van der Waals surface area contributed by atoms with Crippen LogP contribution in [0.3, 0.4) is 0 Å². The summed E-state index contributed by atoms with van der Waals surface area (Å²) in [6.45, 7) is 1.76. The van der Waals surface area contributed by atoms with E-state index in [2.05, 4.69) is 11.7 Å². The number of hydrogen-bond donors (Lipinski definition) is 2. The zero-order valence-corrected chi connectivity index (χ0v) is 19.7. The highest BCUT2D eigenvalue weighted by Crippen LogP contribution is 2.14. The zero-order chi connectivity index (χ0) is 22.3. The number of carbonyl (C=O) groups excluding carboxylic acids is 2. The minimum Gasteiger partial charge on any atom is -0.394 e. The lowest BCUT2D eigenvalue weighted by Gasteiger charge is -2.07. The van der Waals surface area contributed by atoms with Gasteiger partial charge in [-0.2, -0.15) is 0 Å². The van der Waals surface area contributed by atoms with Gasteiger partial charge in [-0.05, 0) is 6.42 Å². The lowest BCUT2D eigenvalue weighted by atomic mass is 10.0.